The molecule has 0 radical (unpaired) electrons. The predicted octanol–water partition coefficient (Wildman–Crippen LogP) is 1.91. The highest BCUT2D eigenvalue weighted by atomic mass is 16.4. The molecule has 1 aliphatic rings. The van der Waals surface area contributed by atoms with Crippen LogP contribution < -0.4 is 10.6 Å². The Morgan fingerprint density at radius 2 is 1.83 bits per heavy atom. The molecule has 0 aliphatic carbocycles. The molecule has 7 heteroatoms. The van der Waals surface area contributed by atoms with Gasteiger partial charge in [-0.05, 0) is 31.4 Å². The summed E-state index contributed by atoms with van der Waals surface area (Å²) in [5, 5.41) is 13.8. The van der Waals surface area contributed by atoms with Crippen LogP contribution in [0.1, 0.15) is 36.0 Å². The number of carboxylic acids is 1. The quantitative estimate of drug-likeness (QED) is 0.697. The van der Waals surface area contributed by atoms with E-state index in [2.05, 4.69) is 10.6 Å². The lowest BCUT2D eigenvalue weighted by Gasteiger charge is -2.18. The van der Waals surface area contributed by atoms with Gasteiger partial charge in [0.2, 0.25) is 0 Å². The third kappa shape index (κ3) is 4.98. The summed E-state index contributed by atoms with van der Waals surface area (Å²) >= 11 is 0. The van der Waals surface area contributed by atoms with Gasteiger partial charge in [0, 0.05) is 26.1 Å². The number of para-hydroxylation sites is 1. The van der Waals surface area contributed by atoms with E-state index in [9.17, 15) is 14.4 Å². The molecule has 0 unspecified atom stereocenters. The van der Waals surface area contributed by atoms with E-state index < -0.39 is 12.0 Å². The number of nitrogens with zero attached hydrogens (tertiary/aromatic N) is 1. The number of anilines is 1. The van der Waals surface area contributed by atoms with Gasteiger partial charge >= 0.3 is 12.0 Å². The number of urea groups is 1. The van der Waals surface area contributed by atoms with Gasteiger partial charge in [0.05, 0.1) is 11.3 Å². The van der Waals surface area contributed by atoms with Gasteiger partial charge in [0.15, 0.2) is 0 Å². The average Bonchev–Trinajstić information content (AvgIpc) is 3.06. The number of hydrogen-bond donors (Lipinski definition) is 3. The number of benzene rings is 1. The van der Waals surface area contributed by atoms with E-state index in [-0.39, 0.29) is 18.9 Å². The number of aliphatic carboxylic acids is 1. The summed E-state index contributed by atoms with van der Waals surface area (Å²) < 4.78 is 0. The molecule has 1 aromatic carbocycles. The fourth-order valence-corrected chi connectivity index (χ4v) is 2.48. The second-order valence-corrected chi connectivity index (χ2v) is 5.42. The number of carbonyl (C=O) groups is 3. The Balaban J connectivity index is 1.93. The van der Waals surface area contributed by atoms with E-state index in [0.717, 1.165) is 25.9 Å². The maximum absolute atomic E-state index is 12.5. The van der Waals surface area contributed by atoms with Crippen molar-refractivity contribution in [3.05, 3.63) is 29.8 Å². The molecule has 0 saturated carbocycles. The lowest BCUT2D eigenvalue weighted by atomic mass is 10.1. The van der Waals surface area contributed by atoms with Crippen LogP contribution in [0.3, 0.4) is 0 Å². The molecule has 2 rings (SSSR count). The summed E-state index contributed by atoms with van der Waals surface area (Å²) in [6, 6.07) is 6.44. The van der Waals surface area contributed by atoms with Gasteiger partial charge < -0.3 is 20.6 Å². The minimum atomic E-state index is -0.895. The summed E-state index contributed by atoms with van der Waals surface area (Å²) in [6.07, 6.45) is 2.37. The first-order valence-corrected chi connectivity index (χ1v) is 7.73. The fraction of sp³-hybridized carbons (Fsp3) is 0.438. The highest BCUT2D eigenvalue weighted by molar-refractivity contribution is 6.03. The predicted molar refractivity (Wildman–Crippen MR) is 85.5 cm³/mol. The molecule has 1 saturated heterocycles. The molecule has 1 aromatic rings. The minimum Gasteiger partial charge on any atom is -0.481 e. The number of carbonyl (C=O) groups excluding carboxylic acids is 2. The lowest BCUT2D eigenvalue weighted by Crippen LogP contribution is -2.32. The smallest absolute Gasteiger partial charge is 0.319 e. The van der Waals surface area contributed by atoms with E-state index >= 15 is 0 Å². The minimum absolute atomic E-state index is 0.00428. The Labute approximate surface area is 134 Å². The molecular formula is C16H21N3O4. The summed E-state index contributed by atoms with van der Waals surface area (Å²) in [7, 11) is 0. The normalized spacial score (nSPS) is 13.7. The number of rotatable bonds is 6. The van der Waals surface area contributed by atoms with Crippen molar-refractivity contribution in [1.82, 2.24) is 10.2 Å². The van der Waals surface area contributed by atoms with Crippen molar-refractivity contribution in [2.24, 2.45) is 0 Å². The van der Waals surface area contributed by atoms with Crippen molar-refractivity contribution in [2.45, 2.75) is 25.7 Å². The summed E-state index contributed by atoms with van der Waals surface area (Å²) in [5.41, 5.74) is 0.926. The van der Waals surface area contributed by atoms with Crippen LogP contribution in [0.4, 0.5) is 10.5 Å². The van der Waals surface area contributed by atoms with Crippen LogP contribution in [0, 0.1) is 0 Å². The summed E-state index contributed by atoms with van der Waals surface area (Å²) in [5.74, 6) is -0.974. The van der Waals surface area contributed by atoms with Crippen molar-refractivity contribution >= 4 is 23.6 Å². The van der Waals surface area contributed by atoms with Crippen molar-refractivity contribution in [3.8, 4) is 0 Å². The first kappa shape index (κ1) is 16.8. The molecule has 0 atom stereocenters. The third-order valence-electron chi connectivity index (χ3n) is 3.65. The van der Waals surface area contributed by atoms with Gasteiger partial charge in [-0.15, -0.1) is 0 Å². The van der Waals surface area contributed by atoms with Crippen LogP contribution in [0.15, 0.2) is 24.3 Å². The first-order chi connectivity index (χ1) is 11.1. The molecule has 124 valence electrons. The van der Waals surface area contributed by atoms with Crippen molar-refractivity contribution in [3.63, 3.8) is 0 Å². The van der Waals surface area contributed by atoms with E-state index in [1.165, 1.54) is 0 Å². The Kier molecular flexibility index (Phi) is 5.96. The summed E-state index contributed by atoms with van der Waals surface area (Å²) in [4.78, 5) is 36.5. The van der Waals surface area contributed by atoms with Crippen LogP contribution in [-0.4, -0.2) is 47.5 Å². The molecular weight excluding hydrogens is 298 g/mol. The second-order valence-electron chi connectivity index (χ2n) is 5.42. The lowest BCUT2D eigenvalue weighted by molar-refractivity contribution is -0.137. The number of likely N-dealkylation sites (tertiary alicyclic amines) is 1. The van der Waals surface area contributed by atoms with E-state index in [1.54, 1.807) is 29.2 Å². The highest BCUT2D eigenvalue weighted by Crippen LogP contribution is 2.20. The zero-order chi connectivity index (χ0) is 16.7. The maximum atomic E-state index is 12.5. The summed E-state index contributed by atoms with van der Waals surface area (Å²) in [6.45, 7) is 1.75. The number of hydrogen-bond acceptors (Lipinski definition) is 3. The maximum Gasteiger partial charge on any atom is 0.319 e. The Morgan fingerprint density at radius 1 is 1.13 bits per heavy atom. The Morgan fingerprint density at radius 3 is 2.52 bits per heavy atom. The van der Waals surface area contributed by atoms with E-state index in [0.29, 0.717) is 17.7 Å². The van der Waals surface area contributed by atoms with Gasteiger partial charge in [0.25, 0.3) is 5.91 Å². The fourth-order valence-electron chi connectivity index (χ4n) is 2.48. The van der Waals surface area contributed by atoms with E-state index in [1.807, 2.05) is 0 Å². The standard InChI is InChI=1S/C16H21N3O4/c20-14(21)8-5-9-17-16(23)18-13-7-2-1-6-12(13)15(22)19-10-3-4-11-19/h1-2,6-7H,3-5,8-11H2,(H,20,21)(H2,17,18,23). The molecule has 1 aliphatic heterocycles. The first-order valence-electron chi connectivity index (χ1n) is 7.73. The largest absolute Gasteiger partial charge is 0.481 e. The van der Waals surface area contributed by atoms with E-state index in [4.69, 9.17) is 5.11 Å². The SMILES string of the molecule is O=C(O)CCCNC(=O)Nc1ccccc1C(=O)N1CCCC1. The number of carboxylic acid groups (broad SMARTS) is 1. The van der Waals surface area contributed by atoms with Crippen LogP contribution in [0.25, 0.3) is 0 Å². The Hall–Kier alpha value is -2.57. The van der Waals surface area contributed by atoms with Crippen molar-refractivity contribution in [2.75, 3.05) is 25.0 Å². The van der Waals surface area contributed by atoms with Gasteiger partial charge in [-0.2, -0.15) is 0 Å². The molecule has 0 spiro atoms. The number of nitrogens with one attached hydrogen (secondary N) is 2. The van der Waals surface area contributed by atoms with Gasteiger partial charge in [-0.1, -0.05) is 12.1 Å². The highest BCUT2D eigenvalue weighted by Gasteiger charge is 2.22. The van der Waals surface area contributed by atoms with Crippen molar-refractivity contribution < 1.29 is 19.5 Å². The monoisotopic (exact) mass is 319 g/mol. The molecule has 1 fully saturated rings. The van der Waals surface area contributed by atoms with Crippen molar-refractivity contribution in [1.29, 1.82) is 0 Å². The van der Waals surface area contributed by atoms with Gasteiger partial charge in [0.1, 0.15) is 0 Å². The zero-order valence-electron chi connectivity index (χ0n) is 12.9. The van der Waals surface area contributed by atoms with Crippen LogP contribution in [0.5, 0.6) is 0 Å². The van der Waals surface area contributed by atoms with Crippen LogP contribution >= 0.6 is 0 Å². The molecule has 3 amide bonds. The molecule has 23 heavy (non-hydrogen) atoms. The molecule has 3 N–H and O–H groups in total. The molecule has 1 heterocycles. The molecule has 0 bridgehead atoms. The van der Waals surface area contributed by atoms with Crippen LogP contribution in [0.2, 0.25) is 0 Å². The third-order valence-corrected chi connectivity index (χ3v) is 3.65. The topological polar surface area (TPSA) is 98.7 Å². The Bertz CT molecular complexity index is 582. The van der Waals surface area contributed by atoms with Gasteiger partial charge in [-0.25, -0.2) is 4.79 Å². The van der Waals surface area contributed by atoms with Crippen LogP contribution in [-0.2, 0) is 4.79 Å². The molecule has 0 aromatic heterocycles. The molecule has 7 nitrogen and oxygen atoms in total. The average molecular weight is 319 g/mol. The zero-order valence-corrected chi connectivity index (χ0v) is 12.9. The second kappa shape index (κ2) is 8.17. The number of amides is 3. The van der Waals surface area contributed by atoms with Gasteiger partial charge in [-0.3, -0.25) is 9.59 Å².